The quantitative estimate of drug-likeness (QED) is 0.358. The molecule has 3 aromatic carbocycles. The third-order valence-electron chi connectivity index (χ3n) is 5.58. The molecule has 2 heterocycles. The zero-order valence-electron chi connectivity index (χ0n) is 17.7. The summed E-state index contributed by atoms with van der Waals surface area (Å²) in [5, 5.41) is 1.06. The van der Waals surface area contributed by atoms with Gasteiger partial charge in [-0.1, -0.05) is 78.4 Å². The molecule has 0 N–H and O–H groups in total. The van der Waals surface area contributed by atoms with Gasteiger partial charge >= 0.3 is 0 Å². The second kappa shape index (κ2) is 8.07. The molecule has 5 aromatic rings. The molecule has 0 aliphatic heterocycles. The van der Waals surface area contributed by atoms with Crippen molar-refractivity contribution in [1.82, 2.24) is 14.5 Å². The summed E-state index contributed by atoms with van der Waals surface area (Å²) in [7, 11) is 2.09. The minimum atomic E-state index is 0.775. The van der Waals surface area contributed by atoms with Crippen molar-refractivity contribution in [3.8, 4) is 16.8 Å². The molecule has 5 rings (SSSR count). The lowest BCUT2D eigenvalue weighted by Gasteiger charge is -2.19. The lowest BCUT2D eigenvalue weighted by atomic mass is 10.1. The molecule has 0 atom stereocenters. The van der Waals surface area contributed by atoms with Crippen LogP contribution in [0.4, 0.5) is 5.82 Å². The van der Waals surface area contributed by atoms with Gasteiger partial charge in [-0.3, -0.25) is 0 Å². The number of rotatable bonds is 5. The summed E-state index contributed by atoms with van der Waals surface area (Å²) in [5.74, 6) is 0.929. The molecule has 152 valence electrons. The Balaban J connectivity index is 1.71. The first-order valence-electron chi connectivity index (χ1n) is 10.4. The summed E-state index contributed by atoms with van der Waals surface area (Å²) >= 11 is 0. The molecule has 0 saturated carbocycles. The first kappa shape index (κ1) is 19.1. The topological polar surface area (TPSA) is 34.0 Å². The third-order valence-corrected chi connectivity index (χ3v) is 5.58. The Morgan fingerprint density at radius 2 is 1.48 bits per heavy atom. The average Bonchev–Trinajstić information content (AvgIpc) is 3.21. The zero-order valence-corrected chi connectivity index (χ0v) is 17.7. The molecule has 0 aliphatic carbocycles. The summed E-state index contributed by atoms with van der Waals surface area (Å²) in [6, 6.07) is 29.5. The van der Waals surface area contributed by atoms with Gasteiger partial charge in [-0.15, -0.1) is 0 Å². The molecule has 0 amide bonds. The van der Waals surface area contributed by atoms with Crippen LogP contribution in [-0.2, 0) is 6.54 Å². The monoisotopic (exact) mass is 404 g/mol. The van der Waals surface area contributed by atoms with E-state index in [-0.39, 0.29) is 0 Å². The molecule has 0 bridgehead atoms. The number of aryl methyl sites for hydroxylation is 1. The fourth-order valence-electron chi connectivity index (χ4n) is 4.01. The van der Waals surface area contributed by atoms with E-state index in [1.54, 1.807) is 6.33 Å². The first-order chi connectivity index (χ1) is 15.2. The molecule has 2 aromatic heterocycles. The average molecular weight is 405 g/mol. The highest BCUT2D eigenvalue weighted by Gasteiger charge is 2.19. The van der Waals surface area contributed by atoms with Crippen molar-refractivity contribution < 1.29 is 0 Å². The van der Waals surface area contributed by atoms with E-state index in [9.17, 15) is 0 Å². The van der Waals surface area contributed by atoms with E-state index in [1.165, 1.54) is 11.1 Å². The van der Waals surface area contributed by atoms with Crippen LogP contribution in [0.25, 0.3) is 27.8 Å². The Kier molecular flexibility index (Phi) is 4.97. The van der Waals surface area contributed by atoms with Gasteiger partial charge in [0.15, 0.2) is 5.65 Å². The Labute approximate surface area is 182 Å². The Morgan fingerprint density at radius 3 is 2.19 bits per heavy atom. The molecule has 4 heteroatoms. The Hall–Kier alpha value is -3.92. The van der Waals surface area contributed by atoms with Crippen LogP contribution >= 0.6 is 0 Å². The van der Waals surface area contributed by atoms with Gasteiger partial charge in [0.2, 0.25) is 0 Å². The lowest BCUT2D eigenvalue weighted by molar-refractivity contribution is 0.899. The standard InChI is InChI=1S/C27H24N4/c1-20-13-15-23(16-14-20)31-18-24(22-11-7-4-8-12-22)25-26(28-19-29-27(25)31)30(2)17-21-9-5-3-6-10-21/h3-16,18-19H,17H2,1-2H3. The molecule has 0 aliphatic rings. The smallest absolute Gasteiger partial charge is 0.150 e. The Bertz CT molecular complexity index is 1310. The number of anilines is 1. The highest BCUT2D eigenvalue weighted by Crippen LogP contribution is 2.36. The van der Waals surface area contributed by atoms with E-state index >= 15 is 0 Å². The molecule has 0 radical (unpaired) electrons. The number of hydrogen-bond donors (Lipinski definition) is 0. The number of benzene rings is 3. The van der Waals surface area contributed by atoms with Crippen molar-refractivity contribution in [2.45, 2.75) is 13.5 Å². The van der Waals surface area contributed by atoms with E-state index in [2.05, 4.69) is 102 Å². The molecule has 0 spiro atoms. The zero-order chi connectivity index (χ0) is 21.2. The minimum Gasteiger partial charge on any atom is -0.355 e. The number of aromatic nitrogens is 3. The molecular weight excluding hydrogens is 380 g/mol. The highest BCUT2D eigenvalue weighted by atomic mass is 15.2. The molecule has 0 unspecified atom stereocenters. The second-order valence-electron chi connectivity index (χ2n) is 7.85. The van der Waals surface area contributed by atoms with Crippen LogP contribution < -0.4 is 4.90 Å². The van der Waals surface area contributed by atoms with E-state index in [4.69, 9.17) is 9.97 Å². The molecular formula is C27H24N4. The SMILES string of the molecule is Cc1ccc(-n2cc(-c3ccccc3)c3c(N(C)Cc4ccccc4)ncnc32)cc1. The summed E-state index contributed by atoms with van der Waals surface area (Å²) in [5.41, 5.74) is 6.77. The summed E-state index contributed by atoms with van der Waals surface area (Å²) < 4.78 is 2.17. The fourth-order valence-corrected chi connectivity index (χ4v) is 4.01. The van der Waals surface area contributed by atoms with Crippen molar-refractivity contribution >= 4 is 16.9 Å². The summed E-state index contributed by atoms with van der Waals surface area (Å²) in [4.78, 5) is 11.6. The normalized spacial score (nSPS) is 11.0. The maximum absolute atomic E-state index is 4.71. The van der Waals surface area contributed by atoms with Crippen molar-refractivity contribution in [3.05, 3.63) is 109 Å². The van der Waals surface area contributed by atoms with Crippen molar-refractivity contribution in [3.63, 3.8) is 0 Å². The van der Waals surface area contributed by atoms with E-state index in [0.717, 1.165) is 40.2 Å². The lowest BCUT2D eigenvalue weighted by Crippen LogP contribution is -2.18. The molecule has 31 heavy (non-hydrogen) atoms. The van der Waals surface area contributed by atoms with Crippen LogP contribution in [0.1, 0.15) is 11.1 Å². The fraction of sp³-hybridized carbons (Fsp3) is 0.111. The van der Waals surface area contributed by atoms with Gasteiger partial charge in [-0.25, -0.2) is 9.97 Å². The third kappa shape index (κ3) is 3.68. The van der Waals surface area contributed by atoms with Crippen molar-refractivity contribution in [2.75, 3.05) is 11.9 Å². The van der Waals surface area contributed by atoms with Gasteiger partial charge in [0.1, 0.15) is 12.1 Å². The van der Waals surface area contributed by atoms with Gasteiger partial charge in [0.05, 0.1) is 5.39 Å². The highest BCUT2D eigenvalue weighted by molar-refractivity contribution is 6.02. The van der Waals surface area contributed by atoms with Gasteiger partial charge in [-0.05, 0) is 30.2 Å². The van der Waals surface area contributed by atoms with Gasteiger partial charge < -0.3 is 9.47 Å². The van der Waals surface area contributed by atoms with Crippen LogP contribution in [0.3, 0.4) is 0 Å². The van der Waals surface area contributed by atoms with E-state index < -0.39 is 0 Å². The second-order valence-corrected chi connectivity index (χ2v) is 7.85. The minimum absolute atomic E-state index is 0.775. The number of fused-ring (bicyclic) bond motifs is 1. The molecule has 0 fully saturated rings. The number of nitrogens with zero attached hydrogens (tertiary/aromatic N) is 4. The maximum atomic E-state index is 4.71. The number of hydrogen-bond acceptors (Lipinski definition) is 3. The van der Waals surface area contributed by atoms with Crippen LogP contribution in [0, 0.1) is 6.92 Å². The van der Waals surface area contributed by atoms with E-state index in [0.29, 0.717) is 0 Å². The predicted octanol–water partition coefficient (Wildman–Crippen LogP) is 6.03. The molecule has 4 nitrogen and oxygen atoms in total. The van der Waals surface area contributed by atoms with Crippen LogP contribution in [0.5, 0.6) is 0 Å². The first-order valence-corrected chi connectivity index (χ1v) is 10.4. The van der Waals surface area contributed by atoms with Gasteiger partial charge in [-0.2, -0.15) is 0 Å². The summed E-state index contributed by atoms with van der Waals surface area (Å²) in [6.07, 6.45) is 3.85. The van der Waals surface area contributed by atoms with Gasteiger partial charge in [0.25, 0.3) is 0 Å². The maximum Gasteiger partial charge on any atom is 0.150 e. The van der Waals surface area contributed by atoms with Crippen molar-refractivity contribution in [2.24, 2.45) is 0 Å². The van der Waals surface area contributed by atoms with Crippen LogP contribution in [-0.4, -0.2) is 21.6 Å². The van der Waals surface area contributed by atoms with Gasteiger partial charge in [0, 0.05) is 31.0 Å². The van der Waals surface area contributed by atoms with Crippen LogP contribution in [0.15, 0.2) is 97.5 Å². The van der Waals surface area contributed by atoms with Crippen molar-refractivity contribution in [1.29, 1.82) is 0 Å². The predicted molar refractivity (Wildman–Crippen MR) is 128 cm³/mol. The Morgan fingerprint density at radius 1 is 0.806 bits per heavy atom. The summed E-state index contributed by atoms with van der Waals surface area (Å²) in [6.45, 7) is 2.88. The van der Waals surface area contributed by atoms with E-state index in [1.807, 2.05) is 12.1 Å². The van der Waals surface area contributed by atoms with Crippen LogP contribution in [0.2, 0.25) is 0 Å². The molecule has 0 saturated heterocycles. The largest absolute Gasteiger partial charge is 0.355 e.